The highest BCUT2D eigenvalue weighted by Gasteiger charge is 2.38. The fourth-order valence-electron chi connectivity index (χ4n) is 3.21. The molecule has 0 aromatic carbocycles. The van der Waals surface area contributed by atoms with Crippen LogP contribution in [-0.4, -0.2) is 37.5 Å². The zero-order chi connectivity index (χ0) is 10.7. The number of aliphatic hydroxyl groups excluding tert-OH is 1. The Hall–Kier alpha value is -0.120. The molecule has 2 rings (SSSR count). The van der Waals surface area contributed by atoms with Gasteiger partial charge in [-0.25, -0.2) is 0 Å². The number of rotatable bonds is 6. The van der Waals surface area contributed by atoms with Crippen molar-refractivity contribution in [3.63, 3.8) is 0 Å². The van der Waals surface area contributed by atoms with Crippen LogP contribution >= 0.6 is 0 Å². The smallest absolute Gasteiger partial charge is 0.0785 e. The predicted octanol–water partition coefficient (Wildman–Crippen LogP) is 1.16. The van der Waals surface area contributed by atoms with Crippen molar-refractivity contribution >= 4 is 0 Å². The van der Waals surface area contributed by atoms with Crippen LogP contribution in [0.3, 0.4) is 0 Å². The number of aliphatic hydroxyl groups is 1. The van der Waals surface area contributed by atoms with Crippen LogP contribution in [0.2, 0.25) is 0 Å². The molecule has 3 heteroatoms. The summed E-state index contributed by atoms with van der Waals surface area (Å²) in [6.45, 7) is 1.39. The average Bonchev–Trinajstić information content (AvgIpc) is 2.79. The maximum Gasteiger partial charge on any atom is 0.0785 e. The van der Waals surface area contributed by atoms with E-state index in [9.17, 15) is 5.11 Å². The maximum atomic E-state index is 9.49. The second-order valence-electron chi connectivity index (χ2n) is 5.13. The van der Waals surface area contributed by atoms with E-state index in [0.29, 0.717) is 6.61 Å². The van der Waals surface area contributed by atoms with E-state index in [1.165, 1.54) is 25.7 Å². The largest absolute Gasteiger partial charge is 0.391 e. The van der Waals surface area contributed by atoms with Crippen LogP contribution in [0.15, 0.2) is 0 Å². The molecule has 0 spiro atoms. The molecule has 0 aliphatic heterocycles. The van der Waals surface area contributed by atoms with Crippen LogP contribution in [-0.2, 0) is 4.74 Å². The summed E-state index contributed by atoms with van der Waals surface area (Å²) in [5.41, 5.74) is 0. The second kappa shape index (κ2) is 5.28. The highest BCUT2D eigenvalue weighted by Crippen LogP contribution is 2.44. The van der Waals surface area contributed by atoms with Gasteiger partial charge in [-0.1, -0.05) is 6.42 Å². The van der Waals surface area contributed by atoms with Crippen molar-refractivity contribution in [2.24, 2.45) is 11.8 Å². The highest BCUT2D eigenvalue weighted by atomic mass is 16.5. The first kappa shape index (κ1) is 11.4. The summed E-state index contributed by atoms with van der Waals surface area (Å²) in [6.07, 6.45) is 6.18. The molecule has 0 heterocycles. The fourth-order valence-corrected chi connectivity index (χ4v) is 3.21. The summed E-state index contributed by atoms with van der Waals surface area (Å²) in [4.78, 5) is 0. The van der Waals surface area contributed by atoms with Gasteiger partial charge in [0.2, 0.25) is 0 Å². The standard InChI is InChI=1S/C12H23NO2/c1-15-8-11(14)4-5-13-12-7-9-2-3-10(12)6-9/h9-14H,2-8H2,1H3. The molecule has 88 valence electrons. The normalized spacial score (nSPS) is 36.0. The van der Waals surface area contributed by atoms with Gasteiger partial charge in [-0.05, 0) is 44.1 Å². The van der Waals surface area contributed by atoms with Crippen molar-refractivity contribution < 1.29 is 9.84 Å². The zero-order valence-electron chi connectivity index (χ0n) is 9.61. The molecule has 4 atom stereocenters. The summed E-state index contributed by atoms with van der Waals surface area (Å²) in [6, 6.07) is 0.735. The monoisotopic (exact) mass is 213 g/mol. The molecule has 2 N–H and O–H groups in total. The molecule has 0 amide bonds. The van der Waals surface area contributed by atoms with Crippen molar-refractivity contribution in [1.29, 1.82) is 0 Å². The lowest BCUT2D eigenvalue weighted by atomic mass is 9.95. The van der Waals surface area contributed by atoms with Crippen molar-refractivity contribution in [3.8, 4) is 0 Å². The van der Waals surface area contributed by atoms with Crippen molar-refractivity contribution in [3.05, 3.63) is 0 Å². The van der Waals surface area contributed by atoms with Gasteiger partial charge in [0.15, 0.2) is 0 Å². The third-order valence-electron chi connectivity index (χ3n) is 3.98. The molecule has 3 nitrogen and oxygen atoms in total. The van der Waals surface area contributed by atoms with Gasteiger partial charge in [-0.3, -0.25) is 0 Å². The van der Waals surface area contributed by atoms with Crippen molar-refractivity contribution in [1.82, 2.24) is 5.32 Å². The number of ether oxygens (including phenoxy) is 1. The van der Waals surface area contributed by atoms with Gasteiger partial charge < -0.3 is 15.2 Å². The Labute approximate surface area is 92.2 Å². The Morgan fingerprint density at radius 2 is 2.27 bits per heavy atom. The summed E-state index contributed by atoms with van der Waals surface area (Å²) < 4.78 is 4.90. The molecule has 2 aliphatic carbocycles. The van der Waals surface area contributed by atoms with E-state index in [-0.39, 0.29) is 6.10 Å². The van der Waals surface area contributed by atoms with Gasteiger partial charge in [0.25, 0.3) is 0 Å². The number of nitrogens with one attached hydrogen (secondary N) is 1. The highest BCUT2D eigenvalue weighted by molar-refractivity contribution is 4.93. The molecular formula is C12H23NO2. The topological polar surface area (TPSA) is 41.5 Å². The third-order valence-corrected chi connectivity index (χ3v) is 3.98. The van der Waals surface area contributed by atoms with Gasteiger partial charge in [0.1, 0.15) is 0 Å². The van der Waals surface area contributed by atoms with Crippen LogP contribution in [0.5, 0.6) is 0 Å². The zero-order valence-corrected chi connectivity index (χ0v) is 9.61. The molecule has 4 unspecified atom stereocenters. The number of fused-ring (bicyclic) bond motifs is 2. The van der Waals surface area contributed by atoms with Crippen molar-refractivity contribution in [2.75, 3.05) is 20.3 Å². The minimum atomic E-state index is -0.305. The number of hydrogen-bond acceptors (Lipinski definition) is 3. The Balaban J connectivity index is 1.58. The first-order valence-corrected chi connectivity index (χ1v) is 6.20. The van der Waals surface area contributed by atoms with E-state index in [2.05, 4.69) is 5.32 Å². The van der Waals surface area contributed by atoms with Crippen molar-refractivity contribution in [2.45, 2.75) is 44.2 Å². The third kappa shape index (κ3) is 2.92. The minimum absolute atomic E-state index is 0.305. The van der Waals surface area contributed by atoms with E-state index in [0.717, 1.165) is 30.8 Å². The summed E-state index contributed by atoms with van der Waals surface area (Å²) in [7, 11) is 1.63. The Morgan fingerprint density at radius 1 is 1.40 bits per heavy atom. The Kier molecular flexibility index (Phi) is 4.00. The molecule has 0 saturated heterocycles. The molecule has 15 heavy (non-hydrogen) atoms. The fraction of sp³-hybridized carbons (Fsp3) is 1.00. The van der Waals surface area contributed by atoms with Gasteiger partial charge in [-0.2, -0.15) is 0 Å². The van der Waals surface area contributed by atoms with Crippen LogP contribution in [0.4, 0.5) is 0 Å². The second-order valence-corrected chi connectivity index (χ2v) is 5.13. The van der Waals surface area contributed by atoms with Crippen LogP contribution in [0.1, 0.15) is 32.1 Å². The van der Waals surface area contributed by atoms with Crippen LogP contribution < -0.4 is 5.32 Å². The summed E-state index contributed by atoms with van der Waals surface area (Å²) in [5.74, 6) is 1.92. The van der Waals surface area contributed by atoms with E-state index < -0.39 is 0 Å². The Morgan fingerprint density at radius 3 is 2.87 bits per heavy atom. The molecule has 2 aliphatic rings. The van der Waals surface area contributed by atoms with E-state index in [4.69, 9.17) is 4.74 Å². The quantitative estimate of drug-likeness (QED) is 0.696. The summed E-state index contributed by atoms with van der Waals surface area (Å²) in [5, 5.41) is 13.1. The van der Waals surface area contributed by atoms with Gasteiger partial charge in [0.05, 0.1) is 12.7 Å². The predicted molar refractivity (Wildman–Crippen MR) is 59.7 cm³/mol. The molecule has 2 fully saturated rings. The minimum Gasteiger partial charge on any atom is -0.391 e. The lowest BCUT2D eigenvalue weighted by molar-refractivity contribution is 0.0586. The van der Waals surface area contributed by atoms with Gasteiger partial charge >= 0.3 is 0 Å². The lowest BCUT2D eigenvalue weighted by Crippen LogP contribution is -2.36. The first-order chi connectivity index (χ1) is 7.29. The van der Waals surface area contributed by atoms with E-state index in [1.54, 1.807) is 7.11 Å². The molecule has 0 radical (unpaired) electrons. The average molecular weight is 213 g/mol. The van der Waals surface area contributed by atoms with E-state index in [1.807, 2.05) is 0 Å². The molecule has 0 aromatic rings. The lowest BCUT2D eigenvalue weighted by Gasteiger charge is -2.23. The maximum absolute atomic E-state index is 9.49. The molecule has 2 saturated carbocycles. The molecule has 2 bridgehead atoms. The SMILES string of the molecule is COCC(O)CCNC1CC2CCC1C2. The van der Waals surface area contributed by atoms with Crippen LogP contribution in [0, 0.1) is 11.8 Å². The summed E-state index contributed by atoms with van der Waals surface area (Å²) >= 11 is 0. The number of methoxy groups -OCH3 is 1. The molecular weight excluding hydrogens is 190 g/mol. The van der Waals surface area contributed by atoms with Gasteiger partial charge in [-0.15, -0.1) is 0 Å². The number of hydrogen-bond donors (Lipinski definition) is 2. The Bertz CT molecular complexity index is 198. The van der Waals surface area contributed by atoms with Gasteiger partial charge in [0, 0.05) is 13.2 Å². The first-order valence-electron chi connectivity index (χ1n) is 6.20. The van der Waals surface area contributed by atoms with E-state index >= 15 is 0 Å². The van der Waals surface area contributed by atoms with Crippen LogP contribution in [0.25, 0.3) is 0 Å². The molecule has 0 aromatic heterocycles.